The Bertz CT molecular complexity index is 932. The number of hydrogen-bond acceptors (Lipinski definition) is 7. The molecule has 1 rings (SSSR count). The van der Waals surface area contributed by atoms with Crippen molar-refractivity contribution >= 4 is 29.7 Å². The molecule has 0 aliphatic carbocycles. The lowest BCUT2D eigenvalue weighted by Crippen LogP contribution is -2.59. The van der Waals surface area contributed by atoms with Crippen LogP contribution in [0.25, 0.3) is 0 Å². The molecule has 5 atom stereocenters. The topological polar surface area (TPSA) is 244 Å². The Hall–Kier alpha value is -3.68. The van der Waals surface area contributed by atoms with Crippen molar-refractivity contribution in [3.8, 4) is 0 Å². The van der Waals surface area contributed by atoms with E-state index >= 15 is 0 Å². The number of carbonyl (C=O) groups excluding carboxylic acids is 3. The van der Waals surface area contributed by atoms with Gasteiger partial charge in [0.15, 0.2) is 5.96 Å². The molecule has 1 aromatic heterocycles. The summed E-state index contributed by atoms with van der Waals surface area (Å²) in [6.07, 6.45) is 4.38. The summed E-state index contributed by atoms with van der Waals surface area (Å²) in [4.78, 5) is 61.5. The van der Waals surface area contributed by atoms with Crippen LogP contribution in [-0.2, 0) is 25.6 Å². The smallest absolute Gasteiger partial charge is 0.326 e. The van der Waals surface area contributed by atoms with Crippen LogP contribution in [0.1, 0.15) is 59.1 Å². The minimum Gasteiger partial charge on any atom is -0.480 e. The van der Waals surface area contributed by atoms with Gasteiger partial charge in [0.25, 0.3) is 0 Å². The number of aliphatic imine (C=N–C) groups is 1. The Morgan fingerprint density at radius 3 is 2.24 bits per heavy atom. The second kappa shape index (κ2) is 16.2. The van der Waals surface area contributed by atoms with Gasteiger partial charge in [-0.1, -0.05) is 34.1 Å². The van der Waals surface area contributed by atoms with Gasteiger partial charge in [-0.05, 0) is 31.1 Å². The number of carboxylic acids is 1. The lowest BCUT2D eigenvalue weighted by atomic mass is 9.96. The first-order valence-corrected chi connectivity index (χ1v) is 12.8. The van der Waals surface area contributed by atoms with Crippen molar-refractivity contribution in [1.29, 1.82) is 0 Å². The van der Waals surface area contributed by atoms with Crippen molar-refractivity contribution in [2.45, 2.75) is 84.0 Å². The highest BCUT2D eigenvalue weighted by Gasteiger charge is 2.33. The summed E-state index contributed by atoms with van der Waals surface area (Å²) in [6, 6.07) is -4.10. The maximum Gasteiger partial charge on any atom is 0.326 e. The number of amides is 3. The fraction of sp³-hybridized carbons (Fsp3) is 0.667. The number of nitrogens with one attached hydrogen (secondary N) is 4. The van der Waals surface area contributed by atoms with Crippen molar-refractivity contribution < 1.29 is 24.3 Å². The number of aromatic nitrogens is 2. The molecule has 0 bridgehead atoms. The van der Waals surface area contributed by atoms with Crippen molar-refractivity contribution in [3.63, 3.8) is 0 Å². The van der Waals surface area contributed by atoms with Gasteiger partial charge in [-0.15, -0.1) is 0 Å². The van der Waals surface area contributed by atoms with E-state index in [1.54, 1.807) is 6.92 Å². The Morgan fingerprint density at radius 1 is 1.05 bits per heavy atom. The van der Waals surface area contributed by atoms with Crippen LogP contribution >= 0.6 is 0 Å². The maximum atomic E-state index is 13.3. The molecule has 0 saturated carbocycles. The number of guanidine groups is 1. The normalized spacial score (nSPS) is 15.0. The molecule has 1 aromatic rings. The Balaban J connectivity index is 3.04. The summed E-state index contributed by atoms with van der Waals surface area (Å²) in [5.74, 6) is -3.22. The summed E-state index contributed by atoms with van der Waals surface area (Å²) in [7, 11) is 0. The average molecular weight is 538 g/mol. The molecule has 3 amide bonds. The molecule has 0 saturated heterocycles. The third kappa shape index (κ3) is 11.6. The Labute approximate surface area is 223 Å². The predicted octanol–water partition coefficient (Wildman–Crippen LogP) is -1.04. The lowest BCUT2D eigenvalue weighted by molar-refractivity contribution is -0.142. The number of aromatic amines is 1. The zero-order valence-electron chi connectivity index (χ0n) is 22.6. The zero-order valence-corrected chi connectivity index (χ0v) is 22.6. The summed E-state index contributed by atoms with van der Waals surface area (Å²) >= 11 is 0. The molecular formula is C24H43N9O5. The number of carbonyl (C=O) groups is 4. The summed E-state index contributed by atoms with van der Waals surface area (Å²) in [6.45, 7) is 7.70. The third-order valence-electron chi connectivity index (χ3n) is 6.03. The van der Waals surface area contributed by atoms with Crippen LogP contribution in [0.15, 0.2) is 17.5 Å². The van der Waals surface area contributed by atoms with E-state index in [2.05, 4.69) is 30.9 Å². The molecule has 14 heteroatoms. The largest absolute Gasteiger partial charge is 0.480 e. The van der Waals surface area contributed by atoms with Gasteiger partial charge in [0.1, 0.15) is 18.1 Å². The van der Waals surface area contributed by atoms with Gasteiger partial charge in [-0.3, -0.25) is 19.4 Å². The molecule has 0 spiro atoms. The van der Waals surface area contributed by atoms with Gasteiger partial charge in [-0.25, -0.2) is 9.78 Å². The van der Waals surface area contributed by atoms with Gasteiger partial charge in [-0.2, -0.15) is 0 Å². The van der Waals surface area contributed by atoms with E-state index in [1.807, 2.05) is 20.8 Å². The average Bonchev–Trinajstić information content (AvgIpc) is 3.35. The SMILES string of the molecule is CCC(C)C(NC(=O)C(CCCN=C(N)N)NC(=O)C(N)CC(C)C)C(=O)NC(Cc1cnc[nH]1)C(=O)O. The third-order valence-corrected chi connectivity index (χ3v) is 6.03. The zero-order chi connectivity index (χ0) is 28.8. The van der Waals surface area contributed by atoms with Crippen LogP contribution in [-0.4, -0.2) is 75.4 Å². The number of carboxylic acid groups (broad SMARTS) is 1. The van der Waals surface area contributed by atoms with E-state index < -0.39 is 47.9 Å². The number of hydrogen-bond donors (Lipinski definition) is 8. The molecular weight excluding hydrogens is 494 g/mol. The summed E-state index contributed by atoms with van der Waals surface area (Å²) in [5.41, 5.74) is 17.2. The minimum absolute atomic E-state index is 0.0144. The summed E-state index contributed by atoms with van der Waals surface area (Å²) in [5, 5.41) is 17.5. The predicted molar refractivity (Wildman–Crippen MR) is 143 cm³/mol. The quantitative estimate of drug-likeness (QED) is 0.0686. The van der Waals surface area contributed by atoms with Gasteiger partial charge >= 0.3 is 5.97 Å². The molecule has 0 radical (unpaired) electrons. The van der Waals surface area contributed by atoms with Crippen LogP contribution in [0.4, 0.5) is 0 Å². The van der Waals surface area contributed by atoms with Gasteiger partial charge < -0.3 is 43.2 Å². The van der Waals surface area contributed by atoms with E-state index in [-0.39, 0.29) is 37.2 Å². The van der Waals surface area contributed by atoms with Crippen LogP contribution in [0.2, 0.25) is 0 Å². The molecule has 1 heterocycles. The number of H-pyrrole nitrogens is 1. The highest BCUT2D eigenvalue weighted by atomic mass is 16.4. The maximum absolute atomic E-state index is 13.3. The summed E-state index contributed by atoms with van der Waals surface area (Å²) < 4.78 is 0. The Kier molecular flexibility index (Phi) is 13.8. The first-order chi connectivity index (χ1) is 17.8. The highest BCUT2D eigenvalue weighted by molar-refractivity contribution is 5.94. The molecule has 214 valence electrons. The number of rotatable bonds is 17. The Morgan fingerprint density at radius 2 is 1.71 bits per heavy atom. The monoisotopic (exact) mass is 537 g/mol. The van der Waals surface area contributed by atoms with Crippen molar-refractivity contribution in [2.75, 3.05) is 6.54 Å². The van der Waals surface area contributed by atoms with Crippen LogP contribution in [0, 0.1) is 11.8 Å². The van der Waals surface area contributed by atoms with Crippen molar-refractivity contribution in [2.24, 2.45) is 34.0 Å². The molecule has 0 aliphatic heterocycles. The fourth-order valence-electron chi connectivity index (χ4n) is 3.70. The van der Waals surface area contributed by atoms with Gasteiger partial charge in [0.05, 0.1) is 12.4 Å². The van der Waals surface area contributed by atoms with Crippen molar-refractivity contribution in [3.05, 3.63) is 18.2 Å². The van der Waals surface area contributed by atoms with Crippen molar-refractivity contribution in [1.82, 2.24) is 25.9 Å². The second-order valence-electron chi connectivity index (χ2n) is 9.80. The van der Waals surface area contributed by atoms with E-state index in [1.165, 1.54) is 12.5 Å². The molecule has 0 aliphatic rings. The number of nitrogens with two attached hydrogens (primary N) is 3. The first kappa shape index (κ1) is 32.3. The minimum atomic E-state index is -1.24. The van der Waals surface area contributed by atoms with E-state index in [0.717, 1.165) is 0 Å². The molecule has 5 unspecified atom stereocenters. The molecule has 0 fully saturated rings. The van der Waals surface area contributed by atoms with E-state index in [4.69, 9.17) is 17.2 Å². The second-order valence-corrected chi connectivity index (χ2v) is 9.80. The molecule has 38 heavy (non-hydrogen) atoms. The lowest BCUT2D eigenvalue weighted by Gasteiger charge is -2.28. The molecule has 0 aromatic carbocycles. The molecule has 14 nitrogen and oxygen atoms in total. The standard InChI is InChI=1S/C24H43N9O5/c1-5-14(4)19(22(36)32-18(23(37)38)10-15-11-28-12-30-15)33-21(35)17(7-6-8-29-24(26)27)31-20(34)16(25)9-13(2)3/h11-14,16-19H,5-10,25H2,1-4H3,(H,28,30)(H,31,34)(H,32,36)(H,33,35)(H,37,38)(H4,26,27,29). The van der Waals surface area contributed by atoms with Gasteiger partial charge in [0.2, 0.25) is 17.7 Å². The number of aliphatic carboxylic acids is 1. The van der Waals surface area contributed by atoms with Crippen LogP contribution in [0.3, 0.4) is 0 Å². The fourth-order valence-corrected chi connectivity index (χ4v) is 3.70. The van der Waals surface area contributed by atoms with E-state index in [9.17, 15) is 24.3 Å². The van der Waals surface area contributed by atoms with Gasteiger partial charge in [0, 0.05) is 24.9 Å². The van der Waals surface area contributed by atoms with E-state index in [0.29, 0.717) is 25.0 Å². The van der Waals surface area contributed by atoms with Crippen LogP contribution < -0.4 is 33.2 Å². The highest BCUT2D eigenvalue weighted by Crippen LogP contribution is 2.11. The first-order valence-electron chi connectivity index (χ1n) is 12.8. The number of imidazole rings is 1. The van der Waals surface area contributed by atoms with Crippen LogP contribution in [0.5, 0.6) is 0 Å². The molecule has 11 N–H and O–H groups in total. The number of nitrogens with zero attached hydrogens (tertiary/aromatic N) is 2.